The Kier molecular flexibility index (Phi) is 6.88. The molecule has 1 heterocycles. The molecular formula is C17H19BrN4O3. The highest BCUT2D eigenvalue weighted by Gasteiger charge is 2.15. The topological polar surface area (TPSA) is 93.2 Å². The molecule has 0 unspecified atom stereocenters. The van der Waals surface area contributed by atoms with Crippen LogP contribution in [0.5, 0.6) is 0 Å². The Labute approximate surface area is 154 Å². The first-order valence-corrected chi connectivity index (χ1v) is 8.50. The molecule has 0 aliphatic rings. The number of benzene rings is 1. The van der Waals surface area contributed by atoms with Crippen LogP contribution in [0.15, 0.2) is 34.9 Å². The maximum atomic E-state index is 12.5. The SMILES string of the molecule is COC(=O)CCCNc1ncc(Br)c(C(=O)Nc2ccccc2C)n1. The van der Waals surface area contributed by atoms with Gasteiger partial charge < -0.3 is 15.4 Å². The third kappa shape index (κ3) is 5.53. The van der Waals surface area contributed by atoms with Crippen LogP contribution in [0, 0.1) is 6.92 Å². The van der Waals surface area contributed by atoms with Gasteiger partial charge in [-0.25, -0.2) is 9.97 Å². The van der Waals surface area contributed by atoms with Crippen LogP contribution >= 0.6 is 15.9 Å². The number of carbonyl (C=O) groups excluding carboxylic acids is 2. The minimum Gasteiger partial charge on any atom is -0.469 e. The molecule has 1 amide bonds. The molecule has 0 bridgehead atoms. The van der Waals surface area contributed by atoms with E-state index in [1.807, 2.05) is 31.2 Å². The average molecular weight is 407 g/mol. The van der Waals surface area contributed by atoms with Crippen molar-refractivity contribution in [2.45, 2.75) is 19.8 Å². The molecule has 2 N–H and O–H groups in total. The maximum absolute atomic E-state index is 12.5. The number of halogens is 1. The predicted octanol–water partition coefficient (Wildman–Crippen LogP) is 3.16. The molecule has 0 spiro atoms. The lowest BCUT2D eigenvalue weighted by molar-refractivity contribution is -0.140. The molecule has 0 saturated heterocycles. The second kappa shape index (κ2) is 9.12. The second-order valence-electron chi connectivity index (χ2n) is 5.27. The Morgan fingerprint density at radius 1 is 1.28 bits per heavy atom. The standard InChI is InChI=1S/C17H19BrN4O3/c1-11-6-3-4-7-13(11)21-16(24)15-12(18)10-20-17(22-15)19-9-5-8-14(23)25-2/h3-4,6-7,10H,5,8-9H2,1-2H3,(H,21,24)(H,19,20,22). The van der Waals surface area contributed by atoms with Crippen molar-refractivity contribution < 1.29 is 14.3 Å². The molecule has 0 saturated carbocycles. The van der Waals surface area contributed by atoms with Crippen LogP contribution in [0.4, 0.5) is 11.6 Å². The summed E-state index contributed by atoms with van der Waals surface area (Å²) in [7, 11) is 1.35. The van der Waals surface area contributed by atoms with Gasteiger partial charge in [0.05, 0.1) is 11.6 Å². The van der Waals surface area contributed by atoms with Crippen LogP contribution in [0.2, 0.25) is 0 Å². The molecule has 0 aliphatic heterocycles. The van der Waals surface area contributed by atoms with E-state index in [-0.39, 0.29) is 17.6 Å². The van der Waals surface area contributed by atoms with E-state index >= 15 is 0 Å². The van der Waals surface area contributed by atoms with Crippen molar-refractivity contribution in [1.29, 1.82) is 0 Å². The summed E-state index contributed by atoms with van der Waals surface area (Å²) in [6.45, 7) is 2.41. The number of nitrogens with zero attached hydrogens (tertiary/aromatic N) is 2. The average Bonchev–Trinajstić information content (AvgIpc) is 2.61. The monoisotopic (exact) mass is 406 g/mol. The highest BCUT2D eigenvalue weighted by Crippen LogP contribution is 2.19. The normalized spacial score (nSPS) is 10.2. The van der Waals surface area contributed by atoms with Crippen molar-refractivity contribution in [3.05, 3.63) is 46.2 Å². The summed E-state index contributed by atoms with van der Waals surface area (Å²) in [4.78, 5) is 31.9. The first kappa shape index (κ1) is 18.9. The third-order valence-corrected chi connectivity index (χ3v) is 4.00. The van der Waals surface area contributed by atoms with E-state index in [0.717, 1.165) is 11.3 Å². The number of hydrogen-bond acceptors (Lipinski definition) is 6. The minimum atomic E-state index is -0.332. The number of methoxy groups -OCH3 is 1. The molecule has 7 nitrogen and oxygen atoms in total. The molecule has 0 fully saturated rings. The minimum absolute atomic E-state index is 0.230. The van der Waals surface area contributed by atoms with Crippen molar-refractivity contribution >= 4 is 39.4 Å². The number of anilines is 2. The van der Waals surface area contributed by atoms with Gasteiger partial charge in [-0.05, 0) is 40.9 Å². The van der Waals surface area contributed by atoms with Crippen LogP contribution in [0.25, 0.3) is 0 Å². The van der Waals surface area contributed by atoms with Crippen LogP contribution in [0.1, 0.15) is 28.9 Å². The summed E-state index contributed by atoms with van der Waals surface area (Å²) in [6, 6.07) is 7.50. The number of aromatic nitrogens is 2. The molecule has 25 heavy (non-hydrogen) atoms. The maximum Gasteiger partial charge on any atom is 0.305 e. The van der Waals surface area contributed by atoms with E-state index in [1.54, 1.807) is 0 Å². The fourth-order valence-electron chi connectivity index (χ4n) is 2.04. The number of aryl methyl sites for hydroxylation is 1. The first-order chi connectivity index (χ1) is 12.0. The van der Waals surface area contributed by atoms with Crippen LogP contribution in [-0.2, 0) is 9.53 Å². The molecule has 0 atom stereocenters. The highest BCUT2D eigenvalue weighted by molar-refractivity contribution is 9.10. The van der Waals surface area contributed by atoms with Gasteiger partial charge in [-0.15, -0.1) is 0 Å². The molecule has 132 valence electrons. The van der Waals surface area contributed by atoms with E-state index in [4.69, 9.17) is 0 Å². The van der Waals surface area contributed by atoms with Gasteiger partial charge in [0.2, 0.25) is 5.95 Å². The Morgan fingerprint density at radius 3 is 2.76 bits per heavy atom. The van der Waals surface area contributed by atoms with Gasteiger partial charge in [0, 0.05) is 24.8 Å². The van der Waals surface area contributed by atoms with Crippen molar-refractivity contribution in [2.75, 3.05) is 24.3 Å². The number of esters is 1. The van der Waals surface area contributed by atoms with E-state index in [0.29, 0.717) is 29.8 Å². The van der Waals surface area contributed by atoms with Gasteiger partial charge in [-0.1, -0.05) is 18.2 Å². The van der Waals surface area contributed by atoms with Crippen LogP contribution in [-0.4, -0.2) is 35.5 Å². The number of carbonyl (C=O) groups is 2. The zero-order valence-corrected chi connectivity index (χ0v) is 15.6. The lowest BCUT2D eigenvalue weighted by Gasteiger charge is -2.10. The zero-order chi connectivity index (χ0) is 18.2. The summed E-state index contributed by atoms with van der Waals surface area (Å²) in [5, 5.41) is 5.83. The molecule has 1 aromatic heterocycles. The summed E-state index contributed by atoms with van der Waals surface area (Å²) in [6.07, 6.45) is 2.40. The molecule has 2 aromatic rings. The van der Waals surface area contributed by atoms with Crippen molar-refractivity contribution in [3.8, 4) is 0 Å². The van der Waals surface area contributed by atoms with Crippen molar-refractivity contribution in [2.24, 2.45) is 0 Å². The summed E-state index contributed by atoms with van der Waals surface area (Å²) < 4.78 is 5.08. The van der Waals surface area contributed by atoms with E-state index in [1.165, 1.54) is 13.3 Å². The quantitative estimate of drug-likeness (QED) is 0.541. The van der Waals surface area contributed by atoms with Crippen LogP contribution < -0.4 is 10.6 Å². The number of para-hydroxylation sites is 1. The number of hydrogen-bond donors (Lipinski definition) is 2. The van der Waals surface area contributed by atoms with E-state index in [2.05, 4.69) is 41.3 Å². The van der Waals surface area contributed by atoms with Crippen LogP contribution in [0.3, 0.4) is 0 Å². The Morgan fingerprint density at radius 2 is 2.04 bits per heavy atom. The smallest absolute Gasteiger partial charge is 0.305 e. The number of ether oxygens (including phenoxy) is 1. The molecule has 0 aliphatic carbocycles. The molecule has 1 aromatic carbocycles. The molecule has 8 heteroatoms. The Bertz CT molecular complexity index is 767. The summed E-state index contributed by atoms with van der Waals surface area (Å²) in [5.74, 6) is -0.277. The van der Waals surface area contributed by atoms with Crippen molar-refractivity contribution in [1.82, 2.24) is 9.97 Å². The molecular weight excluding hydrogens is 388 g/mol. The van der Waals surface area contributed by atoms with E-state index in [9.17, 15) is 9.59 Å². The van der Waals surface area contributed by atoms with Gasteiger partial charge in [0.15, 0.2) is 0 Å². The highest BCUT2D eigenvalue weighted by atomic mass is 79.9. The lowest BCUT2D eigenvalue weighted by Crippen LogP contribution is -2.17. The number of rotatable bonds is 7. The van der Waals surface area contributed by atoms with Gasteiger partial charge >= 0.3 is 5.97 Å². The lowest BCUT2D eigenvalue weighted by atomic mass is 10.2. The second-order valence-corrected chi connectivity index (χ2v) is 6.12. The summed E-state index contributed by atoms with van der Waals surface area (Å²) in [5.41, 5.74) is 1.92. The Balaban J connectivity index is 2.01. The van der Waals surface area contributed by atoms with Gasteiger partial charge in [-0.2, -0.15) is 0 Å². The Hall–Kier alpha value is -2.48. The fourth-order valence-corrected chi connectivity index (χ4v) is 2.41. The fraction of sp³-hybridized carbons (Fsp3) is 0.294. The zero-order valence-electron chi connectivity index (χ0n) is 14.0. The van der Waals surface area contributed by atoms with E-state index < -0.39 is 0 Å². The first-order valence-electron chi connectivity index (χ1n) is 7.71. The largest absolute Gasteiger partial charge is 0.469 e. The number of nitrogens with one attached hydrogen (secondary N) is 2. The van der Waals surface area contributed by atoms with Gasteiger partial charge in [-0.3, -0.25) is 9.59 Å². The number of amides is 1. The van der Waals surface area contributed by atoms with Gasteiger partial charge in [0.1, 0.15) is 5.69 Å². The van der Waals surface area contributed by atoms with Crippen molar-refractivity contribution in [3.63, 3.8) is 0 Å². The predicted molar refractivity (Wildman–Crippen MR) is 98.6 cm³/mol. The summed E-state index contributed by atoms with van der Waals surface area (Å²) >= 11 is 3.30. The molecule has 2 rings (SSSR count). The molecule has 0 radical (unpaired) electrons. The van der Waals surface area contributed by atoms with Gasteiger partial charge in [0.25, 0.3) is 5.91 Å². The third-order valence-electron chi connectivity index (χ3n) is 3.42.